The van der Waals surface area contributed by atoms with E-state index < -0.39 is 5.97 Å². The number of carboxylic acids is 1. The highest BCUT2D eigenvalue weighted by molar-refractivity contribution is 7.12. The zero-order valence-electron chi connectivity index (χ0n) is 13.4. The number of anilines is 1. The SMILES string of the molecule is O=C(O)C[C@@H](NC(=O)c1ccc(NC(=O)c2cccs2)cc1)C1CC1. The van der Waals surface area contributed by atoms with E-state index in [4.69, 9.17) is 5.11 Å². The van der Waals surface area contributed by atoms with E-state index in [0.29, 0.717) is 16.1 Å². The third-order valence-electron chi connectivity index (χ3n) is 4.05. The van der Waals surface area contributed by atoms with E-state index in [1.165, 1.54) is 11.3 Å². The molecule has 1 aliphatic carbocycles. The van der Waals surface area contributed by atoms with Gasteiger partial charge in [-0.05, 0) is 54.5 Å². The van der Waals surface area contributed by atoms with Gasteiger partial charge in [0, 0.05) is 17.3 Å². The zero-order chi connectivity index (χ0) is 17.8. The lowest BCUT2D eigenvalue weighted by molar-refractivity contribution is -0.137. The molecule has 1 fully saturated rings. The minimum atomic E-state index is -0.913. The van der Waals surface area contributed by atoms with E-state index in [9.17, 15) is 14.4 Å². The molecule has 0 spiro atoms. The molecule has 7 heteroatoms. The summed E-state index contributed by atoms with van der Waals surface area (Å²) < 4.78 is 0. The van der Waals surface area contributed by atoms with Crippen LogP contribution in [-0.2, 0) is 4.79 Å². The van der Waals surface area contributed by atoms with Crippen LogP contribution in [0.1, 0.15) is 39.3 Å². The lowest BCUT2D eigenvalue weighted by Crippen LogP contribution is -2.38. The first-order valence-corrected chi connectivity index (χ1v) is 8.88. The van der Waals surface area contributed by atoms with E-state index in [1.54, 1.807) is 36.4 Å². The van der Waals surface area contributed by atoms with Crippen molar-refractivity contribution in [1.82, 2.24) is 5.32 Å². The number of carbonyl (C=O) groups excluding carboxylic acids is 2. The Morgan fingerprint density at radius 1 is 1.12 bits per heavy atom. The van der Waals surface area contributed by atoms with Crippen LogP contribution in [-0.4, -0.2) is 28.9 Å². The Morgan fingerprint density at radius 2 is 1.84 bits per heavy atom. The standard InChI is InChI=1S/C18H18N2O4S/c21-16(22)10-14(11-3-4-11)20-17(23)12-5-7-13(8-6-12)19-18(24)15-2-1-9-25-15/h1-2,5-9,11,14H,3-4,10H2,(H,19,24)(H,20,23)(H,21,22)/t14-/m1/s1. The summed E-state index contributed by atoms with van der Waals surface area (Å²) >= 11 is 1.35. The number of thiophene rings is 1. The Balaban J connectivity index is 1.60. The lowest BCUT2D eigenvalue weighted by Gasteiger charge is -2.16. The van der Waals surface area contributed by atoms with Crippen LogP contribution in [0.3, 0.4) is 0 Å². The fourth-order valence-corrected chi connectivity index (χ4v) is 3.20. The van der Waals surface area contributed by atoms with Gasteiger partial charge in [0.25, 0.3) is 11.8 Å². The molecule has 0 radical (unpaired) electrons. The maximum atomic E-state index is 12.3. The molecule has 3 N–H and O–H groups in total. The van der Waals surface area contributed by atoms with Gasteiger partial charge in [0.15, 0.2) is 0 Å². The number of amides is 2. The van der Waals surface area contributed by atoms with Crippen molar-refractivity contribution in [3.63, 3.8) is 0 Å². The van der Waals surface area contributed by atoms with Crippen LogP contribution < -0.4 is 10.6 Å². The van der Waals surface area contributed by atoms with Crippen molar-refractivity contribution in [3.8, 4) is 0 Å². The fourth-order valence-electron chi connectivity index (χ4n) is 2.58. The van der Waals surface area contributed by atoms with Crippen molar-refractivity contribution in [2.45, 2.75) is 25.3 Å². The summed E-state index contributed by atoms with van der Waals surface area (Å²) in [6.45, 7) is 0. The molecule has 3 rings (SSSR count). The Hall–Kier alpha value is -2.67. The molecular formula is C18H18N2O4S. The summed E-state index contributed by atoms with van der Waals surface area (Å²) in [5.41, 5.74) is 1.03. The number of carboxylic acid groups (broad SMARTS) is 1. The summed E-state index contributed by atoms with van der Waals surface area (Å²) in [5.74, 6) is -1.15. The molecule has 25 heavy (non-hydrogen) atoms. The van der Waals surface area contributed by atoms with Crippen LogP contribution in [0.4, 0.5) is 5.69 Å². The monoisotopic (exact) mass is 358 g/mol. The normalized spacial score (nSPS) is 14.6. The number of carbonyl (C=O) groups is 3. The number of hydrogen-bond acceptors (Lipinski definition) is 4. The van der Waals surface area contributed by atoms with E-state index >= 15 is 0 Å². The van der Waals surface area contributed by atoms with Gasteiger partial charge in [0.1, 0.15) is 0 Å². The Morgan fingerprint density at radius 3 is 2.40 bits per heavy atom. The highest BCUT2D eigenvalue weighted by Crippen LogP contribution is 2.34. The van der Waals surface area contributed by atoms with Crippen LogP contribution >= 0.6 is 11.3 Å². The van der Waals surface area contributed by atoms with Gasteiger partial charge in [-0.15, -0.1) is 11.3 Å². The molecule has 1 heterocycles. The molecule has 2 amide bonds. The topological polar surface area (TPSA) is 95.5 Å². The van der Waals surface area contributed by atoms with Gasteiger partial charge in [0.05, 0.1) is 11.3 Å². The van der Waals surface area contributed by atoms with Crippen molar-refractivity contribution >= 4 is 34.8 Å². The van der Waals surface area contributed by atoms with Crippen LogP contribution in [0.25, 0.3) is 0 Å². The number of hydrogen-bond donors (Lipinski definition) is 3. The van der Waals surface area contributed by atoms with Gasteiger partial charge in [-0.25, -0.2) is 0 Å². The molecule has 1 aromatic carbocycles. The number of rotatable bonds is 7. The van der Waals surface area contributed by atoms with Gasteiger partial charge in [-0.2, -0.15) is 0 Å². The Labute approximate surface area is 148 Å². The average Bonchev–Trinajstić information content (AvgIpc) is 3.28. The van der Waals surface area contributed by atoms with E-state index in [2.05, 4.69) is 10.6 Å². The minimum absolute atomic E-state index is 0.0641. The minimum Gasteiger partial charge on any atom is -0.481 e. The molecule has 0 unspecified atom stereocenters. The second-order valence-corrected chi connectivity index (χ2v) is 6.97. The molecule has 1 saturated carbocycles. The van der Waals surface area contributed by atoms with Gasteiger partial charge in [0.2, 0.25) is 0 Å². The maximum Gasteiger partial charge on any atom is 0.305 e. The van der Waals surface area contributed by atoms with Crippen LogP contribution in [0.15, 0.2) is 41.8 Å². The van der Waals surface area contributed by atoms with Gasteiger partial charge >= 0.3 is 5.97 Å². The summed E-state index contributed by atoms with van der Waals surface area (Å²) in [6, 6.07) is 9.76. The number of benzene rings is 1. The van der Waals surface area contributed by atoms with Crippen molar-refractivity contribution in [2.24, 2.45) is 5.92 Å². The van der Waals surface area contributed by atoms with E-state index in [1.807, 2.05) is 5.38 Å². The molecule has 1 aromatic heterocycles. The highest BCUT2D eigenvalue weighted by atomic mass is 32.1. The first-order chi connectivity index (χ1) is 12.0. The summed E-state index contributed by atoms with van der Waals surface area (Å²) in [5, 5.41) is 16.4. The van der Waals surface area contributed by atoms with Crippen molar-refractivity contribution in [2.75, 3.05) is 5.32 Å². The van der Waals surface area contributed by atoms with Crippen LogP contribution in [0, 0.1) is 5.92 Å². The van der Waals surface area contributed by atoms with Crippen molar-refractivity contribution < 1.29 is 19.5 Å². The molecular weight excluding hydrogens is 340 g/mol. The van der Waals surface area contributed by atoms with Gasteiger partial charge < -0.3 is 15.7 Å². The quantitative estimate of drug-likeness (QED) is 0.709. The highest BCUT2D eigenvalue weighted by Gasteiger charge is 2.33. The molecule has 6 nitrogen and oxygen atoms in total. The first-order valence-electron chi connectivity index (χ1n) is 8.00. The predicted octanol–water partition coefficient (Wildman–Crippen LogP) is 2.98. The third-order valence-corrected chi connectivity index (χ3v) is 4.92. The summed E-state index contributed by atoms with van der Waals surface area (Å²) in [7, 11) is 0. The van der Waals surface area contributed by atoms with Crippen molar-refractivity contribution in [3.05, 3.63) is 52.2 Å². The third kappa shape index (κ3) is 4.67. The molecule has 0 aliphatic heterocycles. The largest absolute Gasteiger partial charge is 0.481 e. The summed E-state index contributed by atoms with van der Waals surface area (Å²) in [4.78, 5) is 35.8. The molecule has 2 aromatic rings. The molecule has 1 atom stereocenters. The summed E-state index contributed by atoms with van der Waals surface area (Å²) in [6.07, 6.45) is 1.84. The first kappa shape index (κ1) is 17.2. The van der Waals surface area contributed by atoms with E-state index in [0.717, 1.165) is 12.8 Å². The molecule has 130 valence electrons. The second kappa shape index (κ2) is 7.48. The predicted molar refractivity (Wildman–Crippen MR) is 94.9 cm³/mol. The number of nitrogens with one attached hydrogen (secondary N) is 2. The second-order valence-electron chi connectivity index (χ2n) is 6.02. The fraction of sp³-hybridized carbons (Fsp3) is 0.278. The van der Waals surface area contributed by atoms with Gasteiger partial charge in [-0.1, -0.05) is 6.07 Å². The van der Waals surface area contributed by atoms with Gasteiger partial charge in [-0.3, -0.25) is 14.4 Å². The lowest BCUT2D eigenvalue weighted by atomic mass is 10.1. The maximum absolute atomic E-state index is 12.3. The Kier molecular flexibility index (Phi) is 5.14. The molecule has 0 bridgehead atoms. The van der Waals surface area contributed by atoms with Crippen LogP contribution in [0.5, 0.6) is 0 Å². The average molecular weight is 358 g/mol. The molecule has 1 aliphatic rings. The number of aliphatic carboxylic acids is 1. The van der Waals surface area contributed by atoms with E-state index in [-0.39, 0.29) is 30.2 Å². The van der Waals surface area contributed by atoms with Crippen LogP contribution in [0.2, 0.25) is 0 Å². The van der Waals surface area contributed by atoms with Crippen molar-refractivity contribution in [1.29, 1.82) is 0 Å². The molecule has 0 saturated heterocycles. The smallest absolute Gasteiger partial charge is 0.305 e. The Bertz CT molecular complexity index is 767. The zero-order valence-corrected chi connectivity index (χ0v) is 14.2.